The number of hydrogen-bond acceptors (Lipinski definition) is 4. The van der Waals surface area contributed by atoms with Crippen molar-refractivity contribution in [2.45, 2.75) is 71.1 Å². The molecule has 1 aliphatic rings. The largest absolute Gasteiger partial charge is 0.396 e. The maximum atomic E-state index is 12.4. The summed E-state index contributed by atoms with van der Waals surface area (Å²) < 4.78 is 3.10. The van der Waals surface area contributed by atoms with Crippen molar-refractivity contribution in [3.05, 3.63) is 58.1 Å². The van der Waals surface area contributed by atoms with Crippen LogP contribution >= 0.6 is 35.1 Å². The number of anilines is 1. The third-order valence-electron chi connectivity index (χ3n) is 5.55. The Kier molecular flexibility index (Phi) is 16.2. The number of carbonyl (C=O) groups excluding carboxylic acids is 1. The third kappa shape index (κ3) is 11.4. The average Bonchev–Trinajstić information content (AvgIpc) is 2.88. The molecule has 1 atom stereocenters. The zero-order valence-electron chi connectivity index (χ0n) is 21.1. The fourth-order valence-electron chi connectivity index (χ4n) is 3.65. The Morgan fingerprint density at radius 2 is 1.79 bits per heavy atom. The van der Waals surface area contributed by atoms with E-state index in [0.29, 0.717) is 28.2 Å². The van der Waals surface area contributed by atoms with Gasteiger partial charge in [0, 0.05) is 18.0 Å². The molecule has 34 heavy (non-hydrogen) atoms. The molecule has 3 N–H and O–H groups in total. The van der Waals surface area contributed by atoms with E-state index >= 15 is 0 Å². The van der Waals surface area contributed by atoms with Gasteiger partial charge >= 0.3 is 0 Å². The quantitative estimate of drug-likeness (QED) is 0.271. The molecule has 0 saturated carbocycles. The summed E-state index contributed by atoms with van der Waals surface area (Å²) in [5, 5.41) is 0.848. The average molecular weight is 527 g/mol. The lowest BCUT2D eigenvalue weighted by Crippen LogP contribution is -2.43. The molecule has 0 aliphatic carbocycles. The summed E-state index contributed by atoms with van der Waals surface area (Å²) in [7, 11) is 0. The third-order valence-corrected chi connectivity index (χ3v) is 6.94. The van der Waals surface area contributed by atoms with Crippen LogP contribution in [0.1, 0.15) is 65.4 Å². The number of carbonyl (C=O) groups is 1. The summed E-state index contributed by atoms with van der Waals surface area (Å²) in [5.41, 5.74) is 7.51. The van der Waals surface area contributed by atoms with E-state index in [1.165, 1.54) is 43.2 Å². The number of halogens is 2. The monoisotopic (exact) mass is 525 g/mol. The van der Waals surface area contributed by atoms with Gasteiger partial charge in [-0.1, -0.05) is 94.1 Å². The van der Waals surface area contributed by atoms with Gasteiger partial charge in [-0.3, -0.25) is 9.52 Å². The first-order valence-corrected chi connectivity index (χ1v) is 14.0. The van der Waals surface area contributed by atoms with Gasteiger partial charge in [0.25, 0.3) is 0 Å². The molecule has 0 aromatic heterocycles. The first-order chi connectivity index (χ1) is 16.4. The van der Waals surface area contributed by atoms with Crippen LogP contribution in [-0.2, 0) is 11.2 Å². The molecule has 1 amide bonds. The molecule has 0 bridgehead atoms. The topological polar surface area (TPSA) is 58.4 Å². The Balaban J connectivity index is 0.000000483. The van der Waals surface area contributed by atoms with Gasteiger partial charge < -0.3 is 10.6 Å². The second-order valence-electron chi connectivity index (χ2n) is 8.05. The predicted molar refractivity (Wildman–Crippen MR) is 151 cm³/mol. The fraction of sp³-hybridized carbons (Fsp3) is 0.519. The molecule has 2 aromatic rings. The number of rotatable bonds is 8. The number of likely N-dealkylation sites (tertiary alicyclic amines) is 1. The Labute approximate surface area is 221 Å². The molecule has 4 nitrogen and oxygen atoms in total. The van der Waals surface area contributed by atoms with E-state index in [4.69, 9.17) is 28.9 Å². The molecule has 3 rings (SSSR count). The van der Waals surface area contributed by atoms with Crippen molar-refractivity contribution in [2.75, 3.05) is 25.4 Å². The molecule has 0 unspecified atom stereocenters. The second kappa shape index (κ2) is 18.0. The molecule has 1 fully saturated rings. The number of nitrogens with zero attached hydrogens (tertiary/aromatic N) is 1. The lowest BCUT2D eigenvalue weighted by atomic mass is 9.93. The highest BCUT2D eigenvalue weighted by Crippen LogP contribution is 2.32. The molecule has 1 heterocycles. The molecule has 2 aromatic carbocycles. The van der Waals surface area contributed by atoms with Crippen molar-refractivity contribution in [3.8, 4) is 0 Å². The molecular formula is C27H41Cl2N3OS. The van der Waals surface area contributed by atoms with E-state index in [2.05, 4.69) is 42.8 Å². The number of nitrogens with two attached hydrogens (primary N) is 1. The molecule has 0 radical (unpaired) electrons. The van der Waals surface area contributed by atoms with Crippen molar-refractivity contribution in [2.24, 2.45) is 5.92 Å². The highest BCUT2D eigenvalue weighted by molar-refractivity contribution is 7.97. The number of hydrogen-bond donors (Lipinski definition) is 2. The Hall–Kier alpha value is -1.40. The van der Waals surface area contributed by atoms with Crippen LogP contribution in [0.2, 0.25) is 10.0 Å². The molecule has 190 valence electrons. The highest BCUT2D eigenvalue weighted by Gasteiger charge is 2.22. The first kappa shape index (κ1) is 30.6. The van der Waals surface area contributed by atoms with Gasteiger partial charge in [-0.05, 0) is 61.2 Å². The molecule has 0 spiro atoms. The van der Waals surface area contributed by atoms with E-state index < -0.39 is 0 Å². The maximum Gasteiger partial charge on any atom is 0.237 e. The molecular weight excluding hydrogens is 485 g/mol. The minimum absolute atomic E-state index is 0.149. The van der Waals surface area contributed by atoms with Gasteiger partial charge in [0.15, 0.2) is 0 Å². The van der Waals surface area contributed by atoms with Crippen LogP contribution in [0.25, 0.3) is 0 Å². The maximum absolute atomic E-state index is 12.4. The van der Waals surface area contributed by atoms with E-state index in [0.717, 1.165) is 30.8 Å². The first-order valence-electron chi connectivity index (χ1n) is 12.4. The second-order valence-corrected chi connectivity index (χ2v) is 9.83. The van der Waals surface area contributed by atoms with E-state index in [9.17, 15) is 4.79 Å². The Bertz CT molecular complexity index is 813. The Morgan fingerprint density at radius 1 is 1.15 bits per heavy atom. The summed E-state index contributed by atoms with van der Waals surface area (Å²) >= 11 is 13.4. The minimum Gasteiger partial charge on any atom is -0.396 e. The van der Waals surface area contributed by atoms with Crippen molar-refractivity contribution >= 4 is 46.7 Å². The number of benzene rings is 2. The van der Waals surface area contributed by atoms with Crippen LogP contribution in [0.15, 0.2) is 47.4 Å². The minimum atomic E-state index is 0.149. The fourth-order valence-corrected chi connectivity index (χ4v) is 4.98. The van der Waals surface area contributed by atoms with Crippen LogP contribution in [0.4, 0.5) is 5.69 Å². The van der Waals surface area contributed by atoms with Crippen molar-refractivity contribution in [1.82, 2.24) is 9.62 Å². The van der Waals surface area contributed by atoms with Crippen LogP contribution in [-0.4, -0.2) is 30.4 Å². The van der Waals surface area contributed by atoms with Crippen LogP contribution in [0.5, 0.6) is 0 Å². The highest BCUT2D eigenvalue weighted by atomic mass is 35.5. The summed E-state index contributed by atoms with van der Waals surface area (Å²) in [5.74, 6) is 0.807. The summed E-state index contributed by atoms with van der Waals surface area (Å²) in [6.07, 6.45) is 7.19. The van der Waals surface area contributed by atoms with Gasteiger partial charge in [-0.15, -0.1) is 0 Å². The van der Waals surface area contributed by atoms with E-state index in [1.54, 1.807) is 12.1 Å². The predicted octanol–water partition coefficient (Wildman–Crippen LogP) is 7.88. The molecule has 7 heteroatoms. The lowest BCUT2D eigenvalue weighted by Gasteiger charge is -2.33. The lowest BCUT2D eigenvalue weighted by molar-refractivity contribution is -0.131. The van der Waals surface area contributed by atoms with E-state index in [-0.39, 0.29) is 5.91 Å². The van der Waals surface area contributed by atoms with Crippen molar-refractivity contribution < 1.29 is 4.79 Å². The van der Waals surface area contributed by atoms with Crippen LogP contribution in [0.3, 0.4) is 0 Å². The summed E-state index contributed by atoms with van der Waals surface area (Å²) in [6, 6.07) is 13.9. The summed E-state index contributed by atoms with van der Waals surface area (Å²) in [4.78, 5) is 15.2. The number of piperidine rings is 1. The van der Waals surface area contributed by atoms with Gasteiger partial charge in [-0.2, -0.15) is 0 Å². The SMILES string of the molecule is CC.CCCC[C@@H]1CCCN(C(=O)CNSc2cc(Cl)c(N)c(Cl)c2)C1.CCc1ccccc1. The number of aryl methyl sites for hydroxylation is 1. The van der Waals surface area contributed by atoms with Crippen LogP contribution < -0.4 is 10.5 Å². The van der Waals surface area contributed by atoms with Crippen molar-refractivity contribution in [3.63, 3.8) is 0 Å². The standard InChI is InChI=1S/C17H25Cl2N3OS.C8H10.C2H6/c1-2-3-5-12-6-4-7-22(11-12)16(23)10-21-24-13-8-14(18)17(20)15(19)9-13;1-2-8-6-4-3-5-7-8;1-2/h8-9,12,21H,2-7,10-11,20H2,1H3;3-7H,2H2,1H3;1-2H3/t12-;;/m1../s1. The Morgan fingerprint density at radius 3 is 2.35 bits per heavy atom. The van der Waals surface area contributed by atoms with Crippen molar-refractivity contribution in [1.29, 1.82) is 0 Å². The zero-order chi connectivity index (χ0) is 25.3. The van der Waals surface area contributed by atoms with Gasteiger partial charge in [0.1, 0.15) is 0 Å². The van der Waals surface area contributed by atoms with Gasteiger partial charge in [0.05, 0.1) is 22.3 Å². The van der Waals surface area contributed by atoms with Gasteiger partial charge in [0.2, 0.25) is 5.91 Å². The normalized spacial score (nSPS) is 15.0. The van der Waals surface area contributed by atoms with E-state index in [1.807, 2.05) is 24.8 Å². The number of amides is 1. The van der Waals surface area contributed by atoms with Crippen LogP contribution in [0, 0.1) is 5.92 Å². The number of unbranched alkanes of at least 4 members (excludes halogenated alkanes) is 1. The smallest absolute Gasteiger partial charge is 0.237 e. The number of nitrogen functional groups attached to an aromatic ring is 1. The summed E-state index contributed by atoms with van der Waals surface area (Å²) in [6.45, 7) is 10.4. The molecule has 1 aliphatic heterocycles. The van der Waals surface area contributed by atoms with Gasteiger partial charge in [-0.25, -0.2) is 0 Å². The number of nitrogens with one attached hydrogen (secondary N) is 1. The molecule has 1 saturated heterocycles. The zero-order valence-corrected chi connectivity index (χ0v) is 23.4.